The van der Waals surface area contributed by atoms with Crippen LogP contribution in [-0.4, -0.2) is 18.3 Å². The first-order valence-corrected chi connectivity index (χ1v) is 6.64. The fourth-order valence-corrected chi connectivity index (χ4v) is 1.79. The summed E-state index contributed by atoms with van der Waals surface area (Å²) in [5, 5.41) is 12.1. The Morgan fingerprint density at radius 2 is 1.76 bits per heavy atom. The largest absolute Gasteiger partial charge is 0.396 e. The van der Waals surface area contributed by atoms with E-state index in [4.69, 9.17) is 5.11 Å². The number of rotatable bonds is 8. The minimum Gasteiger partial charge on any atom is -0.396 e. The van der Waals surface area contributed by atoms with Crippen molar-refractivity contribution in [1.29, 1.82) is 0 Å². The second kappa shape index (κ2) is 8.26. The molecule has 0 aliphatic carbocycles. The van der Waals surface area contributed by atoms with Gasteiger partial charge in [0, 0.05) is 13.2 Å². The van der Waals surface area contributed by atoms with Crippen molar-refractivity contribution < 1.29 is 5.11 Å². The van der Waals surface area contributed by atoms with Crippen LogP contribution in [0, 0.1) is 0 Å². The molecule has 96 valence electrons. The maximum Gasteiger partial charge on any atom is 0.0431 e. The van der Waals surface area contributed by atoms with Crippen LogP contribution in [0.3, 0.4) is 0 Å². The van der Waals surface area contributed by atoms with Crippen molar-refractivity contribution in [1.82, 2.24) is 5.32 Å². The van der Waals surface area contributed by atoms with E-state index in [1.165, 1.54) is 11.1 Å². The van der Waals surface area contributed by atoms with Gasteiger partial charge in [0.25, 0.3) is 0 Å². The maximum atomic E-state index is 8.65. The van der Waals surface area contributed by atoms with Crippen molar-refractivity contribution in [3.63, 3.8) is 0 Å². The normalized spacial score (nSPS) is 11.1. The SMILES string of the molecule is CC(C)c1ccc(CNCCCCCO)cc1. The highest BCUT2D eigenvalue weighted by atomic mass is 16.2. The number of hydrogen-bond donors (Lipinski definition) is 2. The van der Waals surface area contributed by atoms with E-state index in [2.05, 4.69) is 43.4 Å². The van der Waals surface area contributed by atoms with Crippen molar-refractivity contribution in [2.24, 2.45) is 0 Å². The fourth-order valence-electron chi connectivity index (χ4n) is 1.79. The molecule has 2 nitrogen and oxygen atoms in total. The lowest BCUT2D eigenvalue weighted by atomic mass is 10.0. The number of nitrogens with one attached hydrogen (secondary N) is 1. The third kappa shape index (κ3) is 5.85. The number of benzene rings is 1. The quantitative estimate of drug-likeness (QED) is 0.679. The van der Waals surface area contributed by atoms with Gasteiger partial charge in [-0.05, 0) is 42.9 Å². The number of hydrogen-bond acceptors (Lipinski definition) is 2. The second-order valence-corrected chi connectivity index (χ2v) is 4.86. The lowest BCUT2D eigenvalue weighted by Crippen LogP contribution is -2.14. The molecule has 0 aliphatic rings. The monoisotopic (exact) mass is 235 g/mol. The molecule has 0 saturated heterocycles. The molecule has 0 radical (unpaired) electrons. The van der Waals surface area contributed by atoms with E-state index in [9.17, 15) is 0 Å². The van der Waals surface area contributed by atoms with E-state index in [0.717, 1.165) is 32.4 Å². The summed E-state index contributed by atoms with van der Waals surface area (Å²) in [4.78, 5) is 0. The lowest BCUT2D eigenvalue weighted by Gasteiger charge is -2.08. The molecular formula is C15H25NO. The van der Waals surface area contributed by atoms with Crippen LogP contribution in [0.4, 0.5) is 0 Å². The molecule has 1 rings (SSSR count). The first kappa shape index (κ1) is 14.2. The molecule has 1 aromatic carbocycles. The van der Waals surface area contributed by atoms with Crippen molar-refractivity contribution in [3.05, 3.63) is 35.4 Å². The molecule has 0 unspecified atom stereocenters. The molecular weight excluding hydrogens is 210 g/mol. The average molecular weight is 235 g/mol. The maximum absolute atomic E-state index is 8.65. The molecule has 1 aromatic rings. The molecule has 0 heterocycles. The van der Waals surface area contributed by atoms with Crippen LogP contribution in [0.15, 0.2) is 24.3 Å². The van der Waals surface area contributed by atoms with E-state index < -0.39 is 0 Å². The summed E-state index contributed by atoms with van der Waals surface area (Å²) in [6.45, 7) is 6.73. The highest BCUT2D eigenvalue weighted by Gasteiger charge is 1.98. The van der Waals surface area contributed by atoms with Gasteiger partial charge in [-0.1, -0.05) is 38.1 Å². The molecule has 0 fully saturated rings. The molecule has 0 amide bonds. The van der Waals surface area contributed by atoms with Crippen molar-refractivity contribution in [3.8, 4) is 0 Å². The van der Waals surface area contributed by atoms with Gasteiger partial charge in [0.2, 0.25) is 0 Å². The highest BCUT2D eigenvalue weighted by Crippen LogP contribution is 2.14. The van der Waals surface area contributed by atoms with Gasteiger partial charge >= 0.3 is 0 Å². The Kier molecular flexibility index (Phi) is 6.90. The molecule has 0 aromatic heterocycles. The minimum atomic E-state index is 0.316. The first-order valence-electron chi connectivity index (χ1n) is 6.64. The van der Waals surface area contributed by atoms with Gasteiger partial charge in [-0.3, -0.25) is 0 Å². The molecule has 0 saturated carbocycles. The van der Waals surface area contributed by atoms with Gasteiger partial charge in [0.15, 0.2) is 0 Å². The first-order chi connectivity index (χ1) is 8.24. The Morgan fingerprint density at radius 3 is 2.35 bits per heavy atom. The summed E-state index contributed by atoms with van der Waals surface area (Å²) in [5.41, 5.74) is 2.74. The van der Waals surface area contributed by atoms with Crippen molar-refractivity contribution >= 4 is 0 Å². The smallest absolute Gasteiger partial charge is 0.0431 e. The highest BCUT2D eigenvalue weighted by molar-refractivity contribution is 5.24. The van der Waals surface area contributed by atoms with Crippen LogP contribution in [-0.2, 0) is 6.54 Å². The summed E-state index contributed by atoms with van der Waals surface area (Å²) in [6.07, 6.45) is 3.17. The Bertz CT molecular complexity index is 292. The van der Waals surface area contributed by atoms with Gasteiger partial charge in [0.1, 0.15) is 0 Å². The molecule has 0 atom stereocenters. The molecule has 0 bridgehead atoms. The Labute approximate surface area is 105 Å². The van der Waals surface area contributed by atoms with Crippen LogP contribution >= 0.6 is 0 Å². The fraction of sp³-hybridized carbons (Fsp3) is 0.600. The predicted molar refractivity (Wildman–Crippen MR) is 73.2 cm³/mol. The van der Waals surface area contributed by atoms with E-state index in [-0.39, 0.29) is 0 Å². The van der Waals surface area contributed by atoms with Gasteiger partial charge in [-0.2, -0.15) is 0 Å². The zero-order valence-electron chi connectivity index (χ0n) is 11.1. The third-order valence-corrected chi connectivity index (χ3v) is 2.99. The number of aliphatic hydroxyl groups is 1. The van der Waals surface area contributed by atoms with E-state index >= 15 is 0 Å². The summed E-state index contributed by atoms with van der Waals surface area (Å²) in [5.74, 6) is 0.607. The van der Waals surface area contributed by atoms with Crippen LogP contribution in [0.2, 0.25) is 0 Å². The van der Waals surface area contributed by atoms with E-state index in [0.29, 0.717) is 12.5 Å². The second-order valence-electron chi connectivity index (χ2n) is 4.86. The van der Waals surface area contributed by atoms with Gasteiger partial charge in [0.05, 0.1) is 0 Å². The van der Waals surface area contributed by atoms with Crippen LogP contribution < -0.4 is 5.32 Å². The third-order valence-electron chi connectivity index (χ3n) is 2.99. The van der Waals surface area contributed by atoms with E-state index in [1.807, 2.05) is 0 Å². The van der Waals surface area contributed by atoms with Crippen LogP contribution in [0.5, 0.6) is 0 Å². The molecule has 0 aliphatic heterocycles. The standard InChI is InChI=1S/C15H25NO/c1-13(2)15-8-6-14(7-9-15)12-16-10-4-3-5-11-17/h6-9,13,16-17H,3-5,10-12H2,1-2H3. The van der Waals surface area contributed by atoms with Gasteiger partial charge in [-0.15, -0.1) is 0 Å². The molecule has 2 heteroatoms. The lowest BCUT2D eigenvalue weighted by molar-refractivity contribution is 0.283. The Balaban J connectivity index is 2.19. The van der Waals surface area contributed by atoms with Gasteiger partial charge in [-0.25, -0.2) is 0 Å². The van der Waals surface area contributed by atoms with Crippen molar-refractivity contribution in [2.45, 2.75) is 45.6 Å². The van der Waals surface area contributed by atoms with Crippen LogP contribution in [0.1, 0.15) is 50.2 Å². The summed E-state index contributed by atoms with van der Waals surface area (Å²) in [7, 11) is 0. The topological polar surface area (TPSA) is 32.3 Å². The summed E-state index contributed by atoms with van der Waals surface area (Å²) in [6, 6.07) is 8.84. The van der Waals surface area contributed by atoms with Gasteiger partial charge < -0.3 is 10.4 Å². The average Bonchev–Trinajstić information content (AvgIpc) is 2.34. The minimum absolute atomic E-state index is 0.316. The van der Waals surface area contributed by atoms with E-state index in [1.54, 1.807) is 0 Å². The predicted octanol–water partition coefficient (Wildman–Crippen LogP) is 3.06. The Hall–Kier alpha value is -0.860. The zero-order valence-corrected chi connectivity index (χ0v) is 11.1. The number of unbranched alkanes of at least 4 members (excludes halogenated alkanes) is 2. The summed E-state index contributed by atoms with van der Waals surface area (Å²) < 4.78 is 0. The van der Waals surface area contributed by atoms with Crippen LogP contribution in [0.25, 0.3) is 0 Å². The zero-order chi connectivity index (χ0) is 12.5. The summed E-state index contributed by atoms with van der Waals surface area (Å²) >= 11 is 0. The molecule has 0 spiro atoms. The Morgan fingerprint density at radius 1 is 1.06 bits per heavy atom. The molecule has 2 N–H and O–H groups in total. The van der Waals surface area contributed by atoms with Crippen molar-refractivity contribution in [2.75, 3.05) is 13.2 Å². The number of aliphatic hydroxyl groups excluding tert-OH is 1. The molecule has 17 heavy (non-hydrogen) atoms.